The highest BCUT2D eigenvalue weighted by Gasteiger charge is 2.25. The highest BCUT2D eigenvalue weighted by molar-refractivity contribution is 8.00. The summed E-state index contributed by atoms with van der Waals surface area (Å²) in [6.45, 7) is 6.30. The molecule has 0 unspecified atom stereocenters. The Kier molecular flexibility index (Phi) is 8.85. The zero-order valence-corrected chi connectivity index (χ0v) is 20.9. The van der Waals surface area contributed by atoms with Crippen LogP contribution < -0.4 is 0 Å². The van der Waals surface area contributed by atoms with Gasteiger partial charge in [-0.05, 0) is 35.2 Å². The van der Waals surface area contributed by atoms with Gasteiger partial charge in [0.25, 0.3) is 0 Å². The first-order chi connectivity index (χ1) is 16.9. The molecule has 3 aromatic carbocycles. The summed E-state index contributed by atoms with van der Waals surface area (Å²) < 4.78 is 2.04. The molecule has 0 amide bonds. The van der Waals surface area contributed by atoms with Gasteiger partial charge in [-0.1, -0.05) is 57.2 Å². The van der Waals surface area contributed by atoms with Crippen LogP contribution in [0.2, 0.25) is 0 Å². The lowest BCUT2D eigenvalue weighted by molar-refractivity contribution is 0.112. The normalized spacial score (nSPS) is 11.0. The maximum atomic E-state index is 11.6. The largest absolute Gasteiger partial charge is 0.505 e. The van der Waals surface area contributed by atoms with Crippen LogP contribution in [0.5, 0.6) is 5.75 Å². The summed E-state index contributed by atoms with van der Waals surface area (Å²) >= 11 is 0. The Morgan fingerprint density at radius 1 is 0.778 bits per heavy atom. The Morgan fingerprint density at radius 2 is 1.22 bits per heavy atom. The van der Waals surface area contributed by atoms with Crippen LogP contribution >= 0.6 is 0 Å². The molecule has 1 heterocycles. The zero-order chi connectivity index (χ0) is 26.8. The molecule has 3 nitrogen and oxygen atoms in total. The highest BCUT2D eigenvalue weighted by atomic mass is 16.3. The lowest BCUT2D eigenvalue weighted by Crippen LogP contribution is -2.62. The average Bonchev–Trinajstić information content (AvgIpc) is 3.12. The summed E-state index contributed by atoms with van der Waals surface area (Å²) in [6.07, 6.45) is -1.72. The number of rotatable bonds is 5. The molecule has 0 saturated heterocycles. The van der Waals surface area contributed by atoms with Gasteiger partial charge in [-0.15, -0.1) is 0 Å². The van der Waals surface area contributed by atoms with Gasteiger partial charge in [-0.3, -0.25) is 4.79 Å². The molecule has 36 heavy (non-hydrogen) atoms. The molecule has 4 rings (SSSR count). The summed E-state index contributed by atoms with van der Waals surface area (Å²) in [5.74, 6) is 0.0134. The smallest absolute Gasteiger partial charge is 0.153 e. The fourth-order valence-corrected chi connectivity index (χ4v) is 4.29. The molecule has 0 bridgehead atoms. The fraction of sp³-hybridized carbons (Fsp3) is 0.174. The number of phenols is 1. The monoisotopic (exact) mass is 453 g/mol. The Balaban J connectivity index is 0.000000308. The first-order valence-electron chi connectivity index (χ1n) is 11.7. The molecule has 160 valence electrons. The molecular weight excluding hydrogens is 430 g/mol. The molecule has 0 saturated carbocycles. The molecule has 1 aromatic heterocycles. The first-order valence-corrected chi connectivity index (χ1v) is 11.7. The molecular formula is C23H21B10NO2. The Labute approximate surface area is 223 Å². The van der Waals surface area contributed by atoms with Crippen molar-refractivity contribution < 1.29 is 9.90 Å². The van der Waals surface area contributed by atoms with E-state index in [1.54, 1.807) is 6.07 Å². The molecule has 12 radical (unpaired) electrons. The number of aromatic hydroxyl groups is 1. The number of phenolic OH excluding ortho intramolecular Hbond substituents is 1. The van der Waals surface area contributed by atoms with Gasteiger partial charge in [0.15, 0.2) is 6.29 Å². The first kappa shape index (κ1) is 28.2. The number of carbonyl (C=O) groups excluding carboxylic acids is 1. The number of nitrogens with zero attached hydrogens (tertiary/aromatic N) is 1. The van der Waals surface area contributed by atoms with Crippen LogP contribution in [0.4, 0.5) is 0 Å². The Morgan fingerprint density at radius 3 is 1.58 bits per heavy atom. The second-order valence-electron chi connectivity index (χ2n) is 9.98. The molecule has 0 aliphatic rings. The van der Waals surface area contributed by atoms with Crippen molar-refractivity contribution in [3.8, 4) is 11.4 Å². The predicted molar refractivity (Wildman–Crippen MR) is 164 cm³/mol. The third-order valence-electron chi connectivity index (χ3n) is 6.27. The standard InChI is InChI=1S/C23H21NO2.B10/c1-23(2,3)16-12-15(14-25)22(26)21(13-16)24-19-10-6-4-8-17(19)18-9-5-7-11-20(18)24;1-7(2)10(8(3)4)9(5)6/h4-14,26H,1-3H3;. The number of para-hydroxylation sites is 2. The quantitative estimate of drug-likeness (QED) is 0.371. The Bertz CT molecular complexity index is 1290. The van der Waals surface area contributed by atoms with Crippen LogP contribution in [-0.4, -0.2) is 87.9 Å². The predicted octanol–water partition coefficient (Wildman–Crippen LogP) is 1.79. The number of benzene rings is 3. The second-order valence-corrected chi connectivity index (χ2v) is 9.98. The van der Waals surface area contributed by atoms with E-state index < -0.39 is 25.5 Å². The van der Waals surface area contributed by atoms with E-state index in [4.69, 9.17) is 46.4 Å². The topological polar surface area (TPSA) is 42.2 Å². The van der Waals surface area contributed by atoms with Crippen LogP contribution in [-0.2, 0) is 5.41 Å². The van der Waals surface area contributed by atoms with Crippen molar-refractivity contribution in [2.24, 2.45) is 0 Å². The molecule has 0 aliphatic heterocycles. The van der Waals surface area contributed by atoms with Crippen molar-refractivity contribution >= 4 is 100 Å². The van der Waals surface area contributed by atoms with Crippen molar-refractivity contribution in [2.45, 2.75) is 26.2 Å². The van der Waals surface area contributed by atoms with Gasteiger partial charge < -0.3 is 9.67 Å². The van der Waals surface area contributed by atoms with E-state index >= 15 is 0 Å². The van der Waals surface area contributed by atoms with Crippen LogP contribution in [0.1, 0.15) is 36.7 Å². The second kappa shape index (κ2) is 11.3. The number of aromatic nitrogens is 1. The van der Waals surface area contributed by atoms with Crippen LogP contribution in [0.15, 0.2) is 60.7 Å². The van der Waals surface area contributed by atoms with Gasteiger partial charge in [0.2, 0.25) is 0 Å². The molecule has 4 aromatic rings. The van der Waals surface area contributed by atoms with Gasteiger partial charge in [0.05, 0.1) is 22.3 Å². The van der Waals surface area contributed by atoms with Crippen LogP contribution in [0, 0.1) is 0 Å². The number of fused-ring (bicyclic) bond motifs is 3. The highest BCUT2D eigenvalue weighted by Crippen LogP contribution is 2.38. The summed E-state index contributed by atoms with van der Waals surface area (Å²) in [5, 5.41) is 13.1. The van der Waals surface area contributed by atoms with Crippen molar-refractivity contribution in [3.63, 3.8) is 0 Å². The van der Waals surface area contributed by atoms with Gasteiger partial charge >= 0.3 is 0 Å². The maximum absolute atomic E-state index is 11.6. The summed E-state index contributed by atoms with van der Waals surface area (Å²) in [5.41, 5.74) is 3.83. The van der Waals surface area contributed by atoms with Crippen molar-refractivity contribution in [3.05, 3.63) is 71.8 Å². The third kappa shape index (κ3) is 5.76. The molecule has 13 heteroatoms. The van der Waals surface area contributed by atoms with Crippen molar-refractivity contribution in [2.75, 3.05) is 0 Å². The van der Waals surface area contributed by atoms with E-state index in [2.05, 4.69) is 32.9 Å². The minimum atomic E-state index is -0.667. The SMILES string of the molecule is CC(C)(C)c1cc(C=O)c(O)c(-n2c3ccccc3c3ccccc32)c1.[B]B([B])B(B([B])[B])B([B])[B]. The Hall–Kier alpha value is -2.42. The summed E-state index contributed by atoms with van der Waals surface area (Å²) in [7, 11) is 31.8. The van der Waals surface area contributed by atoms with Gasteiger partial charge in [0.1, 0.15) is 5.75 Å². The number of carbonyl (C=O) groups is 1. The molecule has 0 atom stereocenters. The zero-order valence-electron chi connectivity index (χ0n) is 20.9. The lowest BCUT2D eigenvalue weighted by Gasteiger charge is -2.23. The van der Waals surface area contributed by atoms with Gasteiger partial charge in [-0.25, -0.2) is 0 Å². The lowest BCUT2D eigenvalue weighted by atomic mass is 8.58. The van der Waals surface area contributed by atoms with E-state index in [1.807, 2.05) is 47.0 Å². The molecule has 0 spiro atoms. The fourth-order valence-electron chi connectivity index (χ4n) is 4.29. The summed E-state index contributed by atoms with van der Waals surface area (Å²) in [4.78, 5) is 11.6. The van der Waals surface area contributed by atoms with E-state index in [1.165, 1.54) is 0 Å². The van der Waals surface area contributed by atoms with E-state index in [9.17, 15) is 9.90 Å². The molecule has 1 N–H and O–H groups in total. The van der Waals surface area contributed by atoms with E-state index in [0.29, 0.717) is 11.3 Å². The maximum Gasteiger partial charge on any atom is 0.153 e. The van der Waals surface area contributed by atoms with Crippen LogP contribution in [0.25, 0.3) is 27.5 Å². The number of aldehydes is 1. The third-order valence-corrected chi connectivity index (χ3v) is 6.27. The van der Waals surface area contributed by atoms with Crippen molar-refractivity contribution in [1.29, 1.82) is 0 Å². The van der Waals surface area contributed by atoms with Gasteiger partial charge in [0, 0.05) is 82.7 Å². The number of hydrogen-bond donors (Lipinski definition) is 1. The minimum absolute atomic E-state index is 0.0134. The molecule has 0 aliphatic carbocycles. The van der Waals surface area contributed by atoms with E-state index in [0.717, 1.165) is 33.7 Å². The summed E-state index contributed by atoms with van der Waals surface area (Å²) in [6, 6.07) is 20.0. The average molecular weight is 452 g/mol. The molecule has 0 fully saturated rings. The minimum Gasteiger partial charge on any atom is -0.505 e. The van der Waals surface area contributed by atoms with Crippen molar-refractivity contribution in [1.82, 2.24) is 4.57 Å². The van der Waals surface area contributed by atoms with Crippen LogP contribution in [0.3, 0.4) is 0 Å². The van der Waals surface area contributed by atoms with E-state index in [-0.39, 0.29) is 11.2 Å². The van der Waals surface area contributed by atoms with Gasteiger partial charge in [-0.2, -0.15) is 0 Å². The number of hydrogen-bond acceptors (Lipinski definition) is 2.